The molecule has 0 aromatic rings. The van der Waals surface area contributed by atoms with Crippen LogP contribution in [0.4, 0.5) is 0 Å². The van der Waals surface area contributed by atoms with E-state index in [-0.39, 0.29) is 75.3 Å². The molecule has 0 bridgehead atoms. The van der Waals surface area contributed by atoms with Gasteiger partial charge >= 0.3 is 75.3 Å². The monoisotopic (exact) mass is 236 g/mol. The second-order valence-corrected chi connectivity index (χ2v) is 1.34. The van der Waals surface area contributed by atoms with Crippen molar-refractivity contribution in [1.29, 1.82) is 0 Å². The molecule has 0 N–H and O–H groups in total. The average molecular weight is 236 g/mol. The molecule has 0 rings (SSSR count). The molecule has 0 heterocycles. The van der Waals surface area contributed by atoms with Crippen molar-refractivity contribution >= 4 is 7.82 Å². The van der Waals surface area contributed by atoms with Crippen molar-refractivity contribution in [2.45, 2.75) is 0 Å². The van der Waals surface area contributed by atoms with Crippen molar-refractivity contribution in [2.75, 3.05) is 0 Å². The zero-order valence-electron chi connectivity index (χ0n) is 3.43. The van der Waals surface area contributed by atoms with E-state index in [9.17, 15) is 0 Å². The van der Waals surface area contributed by atoms with Gasteiger partial charge in [-0.15, -0.1) is 0 Å². The van der Waals surface area contributed by atoms with Crippen LogP contribution in [0.2, 0.25) is 0 Å². The summed E-state index contributed by atoms with van der Waals surface area (Å²) in [5.74, 6) is 0. The Morgan fingerprint density at radius 3 is 1.14 bits per heavy atom. The largest absolute Gasteiger partial charge is 2.00 e. The molecule has 0 aromatic heterocycles. The zero-order chi connectivity index (χ0) is 4.50. The van der Waals surface area contributed by atoms with Gasteiger partial charge in [-0.05, 0) is 0 Å². The van der Waals surface area contributed by atoms with Gasteiger partial charge in [0.25, 0.3) is 0 Å². The van der Waals surface area contributed by atoms with Gasteiger partial charge in [0.1, 0.15) is 0 Å². The fraction of sp³-hybridized carbons (Fsp3) is 0. The van der Waals surface area contributed by atoms with E-state index < -0.39 is 7.82 Å². The molecule has 4 nitrogen and oxygen atoms in total. The summed E-state index contributed by atoms with van der Waals surface area (Å²) in [5.41, 5.74) is 0. The van der Waals surface area contributed by atoms with Crippen LogP contribution in [0, 0.1) is 0 Å². The van der Waals surface area contributed by atoms with Gasteiger partial charge in [-0.1, -0.05) is 0 Å². The predicted octanol–water partition coefficient (Wildman–Crippen LogP) is -5.82. The molecule has 7 heteroatoms. The standard InChI is InChI=1S/Fe.H3O4P.Rb/c;1-5(2,3)4;/h;(H3,1,2,3,4);/q+2;;+1/p-3. The van der Waals surface area contributed by atoms with E-state index in [0.29, 0.717) is 0 Å². The Hall–Kier alpha value is 2.43. The first-order valence-corrected chi connectivity index (χ1v) is 2.19. The quantitative estimate of drug-likeness (QED) is 0.310. The van der Waals surface area contributed by atoms with Crippen LogP contribution in [0.25, 0.3) is 0 Å². The molecule has 0 unspecified atom stereocenters. The third-order valence-electron chi connectivity index (χ3n) is 0. The minimum Gasteiger partial charge on any atom is -0.822 e. The minimum atomic E-state index is -5.39. The molecule has 0 aromatic carbocycles. The Morgan fingerprint density at radius 2 is 1.14 bits per heavy atom. The van der Waals surface area contributed by atoms with Crippen molar-refractivity contribution in [1.82, 2.24) is 0 Å². The number of phosphoric acid groups is 1. The summed E-state index contributed by atoms with van der Waals surface area (Å²) in [5, 5.41) is 0. The molecule has 0 aliphatic carbocycles. The molecule has 0 saturated carbocycles. The fourth-order valence-corrected chi connectivity index (χ4v) is 0. The Kier molecular flexibility index (Phi) is 15.2. The molecule has 0 aliphatic rings. The molecule has 0 fully saturated rings. The second-order valence-electron chi connectivity index (χ2n) is 0.447. The molecule has 0 aliphatic heterocycles. The third kappa shape index (κ3) is 58.9. The van der Waals surface area contributed by atoms with E-state index in [1.807, 2.05) is 0 Å². The first-order valence-electron chi connectivity index (χ1n) is 0.730. The van der Waals surface area contributed by atoms with Crippen molar-refractivity contribution in [3.05, 3.63) is 0 Å². The summed E-state index contributed by atoms with van der Waals surface area (Å²) in [6.07, 6.45) is 0. The molecule has 0 radical (unpaired) electrons. The molecule has 38 valence electrons. The first kappa shape index (κ1) is 16.2. The topological polar surface area (TPSA) is 86.2 Å². The summed E-state index contributed by atoms with van der Waals surface area (Å²) < 4.78 is 8.55. The van der Waals surface area contributed by atoms with Crippen LogP contribution in [0.5, 0.6) is 0 Å². The van der Waals surface area contributed by atoms with Crippen LogP contribution in [0.3, 0.4) is 0 Å². The number of hydrogen-bond donors (Lipinski definition) is 0. The van der Waals surface area contributed by atoms with E-state index >= 15 is 0 Å². The van der Waals surface area contributed by atoms with Gasteiger partial charge < -0.3 is 19.2 Å². The molecule has 0 saturated heterocycles. The van der Waals surface area contributed by atoms with Crippen LogP contribution in [-0.2, 0) is 21.6 Å². The van der Waals surface area contributed by atoms with Gasteiger partial charge in [-0.25, -0.2) is 0 Å². The summed E-state index contributed by atoms with van der Waals surface area (Å²) in [7, 11) is -5.39. The molecular weight excluding hydrogens is 236 g/mol. The second kappa shape index (κ2) is 6.55. The Balaban J connectivity index is -0.0000000800. The van der Waals surface area contributed by atoms with E-state index in [4.69, 9.17) is 19.2 Å². The van der Waals surface area contributed by atoms with E-state index in [1.165, 1.54) is 0 Å². The molecule has 7 heavy (non-hydrogen) atoms. The smallest absolute Gasteiger partial charge is 0.822 e. The Morgan fingerprint density at radius 1 is 1.14 bits per heavy atom. The SMILES string of the molecule is O=P([O-])([O-])[O-].[Fe+2].[Rb+]. The van der Waals surface area contributed by atoms with Gasteiger partial charge in [0.15, 0.2) is 0 Å². The van der Waals surface area contributed by atoms with Crippen LogP contribution in [-0.4, -0.2) is 0 Å². The van der Waals surface area contributed by atoms with Crippen molar-refractivity contribution in [3.63, 3.8) is 0 Å². The van der Waals surface area contributed by atoms with Crippen LogP contribution in [0.1, 0.15) is 0 Å². The van der Waals surface area contributed by atoms with Gasteiger partial charge in [0.05, 0.1) is 0 Å². The van der Waals surface area contributed by atoms with E-state index in [2.05, 4.69) is 0 Å². The molecule has 0 amide bonds. The van der Waals surface area contributed by atoms with Gasteiger partial charge in [-0.3, -0.25) is 0 Å². The summed E-state index contributed by atoms with van der Waals surface area (Å²) in [4.78, 5) is 25.6. The van der Waals surface area contributed by atoms with E-state index in [0.717, 1.165) is 0 Å². The molecule has 0 spiro atoms. The van der Waals surface area contributed by atoms with Crippen LogP contribution < -0.4 is 72.9 Å². The van der Waals surface area contributed by atoms with Crippen LogP contribution >= 0.6 is 7.82 Å². The molecule has 0 atom stereocenters. The summed E-state index contributed by atoms with van der Waals surface area (Å²) in [6, 6.07) is 0. The van der Waals surface area contributed by atoms with Gasteiger partial charge in [-0.2, -0.15) is 7.82 Å². The third-order valence-corrected chi connectivity index (χ3v) is 0. The Bertz CT molecular complexity index is 57.8. The van der Waals surface area contributed by atoms with Gasteiger partial charge in [0, 0.05) is 0 Å². The fourth-order valence-electron chi connectivity index (χ4n) is 0. The minimum absolute atomic E-state index is 0. The number of rotatable bonds is 0. The average Bonchev–Trinajstić information content (AvgIpc) is 0.722. The zero-order valence-corrected chi connectivity index (χ0v) is 10.3. The Labute approximate surface area is 100 Å². The maximum Gasteiger partial charge on any atom is 2.00 e. The van der Waals surface area contributed by atoms with Crippen LogP contribution in [0.15, 0.2) is 0 Å². The number of hydrogen-bond acceptors (Lipinski definition) is 4. The van der Waals surface area contributed by atoms with E-state index in [1.54, 1.807) is 0 Å². The van der Waals surface area contributed by atoms with Crippen molar-refractivity contribution in [3.8, 4) is 0 Å². The first-order chi connectivity index (χ1) is 2.00. The van der Waals surface area contributed by atoms with Crippen molar-refractivity contribution < 1.29 is 94.5 Å². The maximum atomic E-state index is 8.55. The molecular formula is FeO4PRb. The van der Waals surface area contributed by atoms with Crippen molar-refractivity contribution in [2.24, 2.45) is 0 Å². The predicted molar refractivity (Wildman–Crippen MR) is 7.61 cm³/mol. The normalized spacial score (nSPS) is 8.43. The summed E-state index contributed by atoms with van der Waals surface area (Å²) >= 11 is 0. The maximum absolute atomic E-state index is 8.55. The summed E-state index contributed by atoms with van der Waals surface area (Å²) in [6.45, 7) is 0. The van der Waals surface area contributed by atoms with Gasteiger partial charge in [0.2, 0.25) is 0 Å².